The van der Waals surface area contributed by atoms with Gasteiger partial charge >= 0.3 is 0 Å². The lowest BCUT2D eigenvalue weighted by Crippen LogP contribution is -2.11. The van der Waals surface area contributed by atoms with Gasteiger partial charge in [0.05, 0.1) is 5.56 Å². The zero-order chi connectivity index (χ0) is 15.7. The zero-order valence-electron chi connectivity index (χ0n) is 12.0. The number of hydrogen-bond donors (Lipinski definition) is 0. The molecule has 0 saturated carbocycles. The third kappa shape index (κ3) is 2.79. The zero-order valence-corrected chi connectivity index (χ0v) is 13.6. The van der Waals surface area contributed by atoms with Crippen molar-refractivity contribution in [2.45, 2.75) is 11.8 Å². The van der Waals surface area contributed by atoms with Crippen molar-refractivity contribution in [2.75, 3.05) is 6.61 Å². The van der Waals surface area contributed by atoms with Gasteiger partial charge in [0.15, 0.2) is 0 Å². The Hall–Kier alpha value is -1.71. The van der Waals surface area contributed by atoms with Crippen LogP contribution in [0.25, 0.3) is 11.0 Å². The summed E-state index contributed by atoms with van der Waals surface area (Å²) in [5.41, 5.74) is 2.33. The Morgan fingerprint density at radius 1 is 1.23 bits per heavy atom. The van der Waals surface area contributed by atoms with E-state index in [0.29, 0.717) is 22.9 Å². The normalized spacial score (nSPS) is 13.6. The summed E-state index contributed by atoms with van der Waals surface area (Å²) in [5.74, 6) is 0.285. The van der Waals surface area contributed by atoms with Crippen molar-refractivity contribution in [3.63, 3.8) is 0 Å². The lowest BCUT2D eigenvalue weighted by Gasteiger charge is -2.24. The minimum atomic E-state index is -0.281. The van der Waals surface area contributed by atoms with E-state index in [1.165, 1.54) is 17.8 Å². The van der Waals surface area contributed by atoms with Crippen LogP contribution < -0.4 is 4.74 Å². The second-order valence-corrected chi connectivity index (χ2v) is 6.52. The summed E-state index contributed by atoms with van der Waals surface area (Å²) in [4.78, 5) is 1.90. The summed E-state index contributed by atoms with van der Waals surface area (Å²) in [5, 5.41) is 0.683. The maximum atomic E-state index is 14.4. The van der Waals surface area contributed by atoms with Crippen LogP contribution in [-0.4, -0.2) is 6.61 Å². The Labute approximate surface area is 138 Å². The quantitative estimate of drug-likeness (QED) is 0.677. The van der Waals surface area contributed by atoms with Gasteiger partial charge in [-0.05, 0) is 48.9 Å². The third-order valence-electron chi connectivity index (χ3n) is 3.44. The molecular weight excluding hydrogens is 319 g/mol. The van der Waals surface area contributed by atoms with Gasteiger partial charge in [-0.15, -0.1) is 0 Å². The monoisotopic (exact) mass is 332 g/mol. The van der Waals surface area contributed by atoms with Crippen LogP contribution in [0.3, 0.4) is 0 Å². The molecule has 0 unspecified atom stereocenters. The molecule has 0 aliphatic carbocycles. The van der Waals surface area contributed by atoms with Crippen LogP contribution in [0.5, 0.6) is 5.75 Å². The van der Waals surface area contributed by atoms with Crippen molar-refractivity contribution in [3.05, 3.63) is 70.5 Å². The molecule has 3 rings (SSSR count). The Kier molecular flexibility index (Phi) is 4.27. The first-order valence-electron chi connectivity index (χ1n) is 6.81. The molecule has 0 fully saturated rings. The van der Waals surface area contributed by atoms with Crippen LogP contribution in [0.2, 0.25) is 5.02 Å². The average Bonchev–Trinajstić information content (AvgIpc) is 2.52. The van der Waals surface area contributed by atoms with Gasteiger partial charge in [0, 0.05) is 20.4 Å². The molecule has 1 heterocycles. The first kappa shape index (κ1) is 15.2. The van der Waals surface area contributed by atoms with E-state index in [1.807, 2.05) is 31.2 Å². The van der Waals surface area contributed by atoms with Crippen molar-refractivity contribution >= 4 is 34.3 Å². The van der Waals surface area contributed by atoms with Crippen molar-refractivity contribution in [3.8, 4) is 5.75 Å². The molecule has 0 spiro atoms. The molecular formula is C18H14ClFOS. The lowest BCUT2D eigenvalue weighted by atomic mass is 10.0. The highest BCUT2D eigenvalue weighted by Crippen LogP contribution is 2.46. The Bertz CT molecular complexity index is 765. The fraction of sp³-hybridized carbons (Fsp3) is 0.111. The Morgan fingerprint density at radius 2 is 1.95 bits per heavy atom. The standard InChI is InChI=1S/C18H14ClFOS/c1-3-12-4-9-15(20)16-17(12)21-10-11(2)18(16)22-14-7-5-13(19)6-8-14/h3-9H,1,10H2,2H3. The summed E-state index contributed by atoms with van der Waals surface area (Å²) >= 11 is 7.44. The second-order valence-electron chi connectivity index (χ2n) is 5.00. The van der Waals surface area contributed by atoms with E-state index < -0.39 is 0 Å². The fourth-order valence-corrected chi connectivity index (χ4v) is 3.48. The van der Waals surface area contributed by atoms with E-state index in [4.69, 9.17) is 16.3 Å². The van der Waals surface area contributed by atoms with Gasteiger partial charge in [0.2, 0.25) is 0 Å². The maximum Gasteiger partial charge on any atom is 0.138 e. The van der Waals surface area contributed by atoms with Crippen LogP contribution in [0, 0.1) is 5.82 Å². The largest absolute Gasteiger partial charge is 0.488 e. The van der Waals surface area contributed by atoms with Crippen LogP contribution in [0.4, 0.5) is 4.39 Å². The Balaban J connectivity index is 2.08. The molecule has 0 atom stereocenters. The van der Waals surface area contributed by atoms with Crippen molar-refractivity contribution < 1.29 is 9.13 Å². The molecule has 1 aliphatic rings. The topological polar surface area (TPSA) is 9.23 Å². The molecule has 1 aliphatic heterocycles. The summed E-state index contributed by atoms with van der Waals surface area (Å²) in [6.07, 6.45) is 1.68. The first-order chi connectivity index (χ1) is 10.6. The van der Waals surface area contributed by atoms with Crippen LogP contribution in [0.15, 0.2) is 53.4 Å². The molecule has 1 nitrogen and oxygen atoms in total. The summed E-state index contributed by atoms with van der Waals surface area (Å²) in [6, 6.07) is 10.7. The summed E-state index contributed by atoms with van der Waals surface area (Å²) in [6.45, 7) is 6.18. The molecule has 112 valence electrons. The smallest absolute Gasteiger partial charge is 0.138 e. The molecule has 2 aromatic carbocycles. The molecule has 22 heavy (non-hydrogen) atoms. The molecule has 0 amide bonds. The minimum absolute atomic E-state index is 0.281. The maximum absolute atomic E-state index is 14.4. The molecule has 2 aromatic rings. The molecule has 0 saturated heterocycles. The SMILES string of the molecule is C=Cc1ccc(F)c2c1OCC(C)=C2Sc1ccc(Cl)cc1. The van der Waals surface area contributed by atoms with E-state index in [2.05, 4.69) is 6.58 Å². The van der Waals surface area contributed by atoms with Crippen LogP contribution in [0.1, 0.15) is 18.1 Å². The van der Waals surface area contributed by atoms with E-state index in [0.717, 1.165) is 20.9 Å². The molecule has 4 heteroatoms. The number of hydrogen-bond acceptors (Lipinski definition) is 2. The van der Waals surface area contributed by atoms with Gasteiger partial charge in [0.1, 0.15) is 18.2 Å². The average molecular weight is 333 g/mol. The van der Waals surface area contributed by atoms with E-state index >= 15 is 0 Å². The van der Waals surface area contributed by atoms with E-state index in [-0.39, 0.29) is 5.82 Å². The number of thioether (sulfide) groups is 1. The van der Waals surface area contributed by atoms with Gasteiger partial charge in [-0.25, -0.2) is 4.39 Å². The molecule has 0 N–H and O–H groups in total. The van der Waals surface area contributed by atoms with Gasteiger partial charge < -0.3 is 4.74 Å². The van der Waals surface area contributed by atoms with E-state index in [1.54, 1.807) is 12.1 Å². The predicted octanol–water partition coefficient (Wildman–Crippen LogP) is 6.04. The molecule has 0 aromatic heterocycles. The second kappa shape index (κ2) is 6.19. The van der Waals surface area contributed by atoms with Crippen LogP contribution in [-0.2, 0) is 0 Å². The molecule has 0 radical (unpaired) electrons. The highest BCUT2D eigenvalue weighted by Gasteiger charge is 2.24. The van der Waals surface area contributed by atoms with Crippen molar-refractivity contribution in [1.29, 1.82) is 0 Å². The predicted molar refractivity (Wildman–Crippen MR) is 91.9 cm³/mol. The number of halogens is 2. The lowest BCUT2D eigenvalue weighted by molar-refractivity contribution is 0.343. The highest BCUT2D eigenvalue weighted by molar-refractivity contribution is 8.08. The highest BCUT2D eigenvalue weighted by atomic mass is 35.5. The third-order valence-corrected chi connectivity index (χ3v) is 4.96. The van der Waals surface area contributed by atoms with E-state index in [9.17, 15) is 4.39 Å². The van der Waals surface area contributed by atoms with Gasteiger partial charge in [0.25, 0.3) is 0 Å². The Morgan fingerprint density at radius 3 is 2.64 bits per heavy atom. The summed E-state index contributed by atoms with van der Waals surface area (Å²) in [7, 11) is 0. The minimum Gasteiger partial charge on any atom is -0.488 e. The van der Waals surface area contributed by atoms with Gasteiger partial charge in [-0.2, -0.15) is 0 Å². The summed E-state index contributed by atoms with van der Waals surface area (Å²) < 4.78 is 20.1. The van der Waals surface area contributed by atoms with Crippen LogP contribution >= 0.6 is 23.4 Å². The number of benzene rings is 2. The van der Waals surface area contributed by atoms with Gasteiger partial charge in [-0.1, -0.05) is 36.0 Å². The first-order valence-corrected chi connectivity index (χ1v) is 8.01. The number of fused-ring (bicyclic) bond motifs is 1. The van der Waals surface area contributed by atoms with Crippen molar-refractivity contribution in [2.24, 2.45) is 0 Å². The number of rotatable bonds is 3. The fourth-order valence-electron chi connectivity index (χ4n) is 2.32. The van der Waals surface area contributed by atoms with Crippen molar-refractivity contribution in [1.82, 2.24) is 0 Å². The number of ether oxygens (including phenoxy) is 1. The molecule has 0 bridgehead atoms. The van der Waals surface area contributed by atoms with Gasteiger partial charge in [-0.3, -0.25) is 0 Å².